The molecule has 0 spiro atoms. The second kappa shape index (κ2) is 6.35. The average molecular weight is 239 g/mol. The van der Waals surface area contributed by atoms with Crippen molar-refractivity contribution in [2.24, 2.45) is 5.73 Å². The number of rotatable bonds is 6. The highest BCUT2D eigenvalue weighted by Crippen LogP contribution is 2.39. The van der Waals surface area contributed by atoms with Gasteiger partial charge in [0, 0.05) is 6.54 Å². The van der Waals surface area contributed by atoms with Crippen molar-refractivity contribution in [3.05, 3.63) is 17.7 Å². The van der Waals surface area contributed by atoms with Crippen molar-refractivity contribution >= 4 is 0 Å². The Morgan fingerprint density at radius 1 is 1.18 bits per heavy atom. The summed E-state index contributed by atoms with van der Waals surface area (Å²) in [6.45, 7) is 4.52. The van der Waals surface area contributed by atoms with Crippen LogP contribution in [0.1, 0.15) is 25.8 Å². The van der Waals surface area contributed by atoms with Gasteiger partial charge in [0.05, 0.1) is 20.3 Å². The summed E-state index contributed by atoms with van der Waals surface area (Å²) in [6.07, 6.45) is 1.03. The minimum Gasteiger partial charge on any atom is -0.493 e. The van der Waals surface area contributed by atoms with Gasteiger partial charge in [0.25, 0.3) is 0 Å². The molecule has 0 saturated heterocycles. The lowest BCUT2D eigenvalue weighted by molar-refractivity contribution is 0.198. The molecule has 1 rings (SSSR count). The van der Waals surface area contributed by atoms with Crippen molar-refractivity contribution in [3.63, 3.8) is 0 Å². The molecule has 0 fully saturated rings. The van der Waals surface area contributed by atoms with E-state index >= 15 is 0 Å². The van der Waals surface area contributed by atoms with Crippen molar-refractivity contribution in [3.8, 4) is 17.2 Å². The summed E-state index contributed by atoms with van der Waals surface area (Å²) < 4.78 is 16.4. The number of methoxy groups -OCH3 is 2. The largest absolute Gasteiger partial charge is 0.493 e. The quantitative estimate of drug-likeness (QED) is 0.827. The van der Waals surface area contributed by atoms with E-state index in [-0.39, 0.29) is 6.10 Å². The van der Waals surface area contributed by atoms with Crippen LogP contribution in [0.15, 0.2) is 12.1 Å². The van der Waals surface area contributed by atoms with E-state index in [0.29, 0.717) is 23.8 Å². The zero-order chi connectivity index (χ0) is 12.8. The van der Waals surface area contributed by atoms with Crippen LogP contribution in [0.25, 0.3) is 0 Å². The minimum absolute atomic E-state index is 0.113. The third kappa shape index (κ3) is 3.27. The molecule has 1 unspecified atom stereocenters. The number of hydrogen-bond acceptors (Lipinski definition) is 4. The van der Waals surface area contributed by atoms with Gasteiger partial charge in [-0.25, -0.2) is 0 Å². The maximum atomic E-state index is 5.82. The van der Waals surface area contributed by atoms with Crippen molar-refractivity contribution in [2.45, 2.75) is 32.9 Å². The Morgan fingerprint density at radius 3 is 2.06 bits per heavy atom. The van der Waals surface area contributed by atoms with Crippen molar-refractivity contribution in [1.82, 2.24) is 0 Å². The second-order valence-corrected chi connectivity index (χ2v) is 3.87. The fourth-order valence-electron chi connectivity index (χ4n) is 1.45. The first kappa shape index (κ1) is 13.6. The smallest absolute Gasteiger partial charge is 0.203 e. The van der Waals surface area contributed by atoms with Gasteiger partial charge in [0.2, 0.25) is 5.75 Å². The van der Waals surface area contributed by atoms with E-state index in [0.717, 1.165) is 12.0 Å². The Kier molecular flexibility index (Phi) is 5.10. The first-order chi connectivity index (χ1) is 8.15. The summed E-state index contributed by atoms with van der Waals surface area (Å²) in [5.41, 5.74) is 6.58. The molecular formula is C13H21NO3. The lowest BCUT2D eigenvalue weighted by atomic mass is 10.2. The highest BCUT2D eigenvalue weighted by Gasteiger charge is 2.15. The fourth-order valence-corrected chi connectivity index (χ4v) is 1.45. The Labute approximate surface area is 103 Å². The molecule has 0 aliphatic rings. The van der Waals surface area contributed by atoms with Gasteiger partial charge in [0.1, 0.15) is 0 Å². The lowest BCUT2D eigenvalue weighted by Gasteiger charge is -2.19. The zero-order valence-electron chi connectivity index (χ0n) is 10.9. The highest BCUT2D eigenvalue weighted by molar-refractivity contribution is 5.54. The van der Waals surface area contributed by atoms with Crippen LogP contribution in [0.3, 0.4) is 0 Å². The number of ether oxygens (including phenoxy) is 3. The summed E-state index contributed by atoms with van der Waals surface area (Å²) in [5.74, 6) is 1.96. The molecule has 0 aromatic heterocycles. The van der Waals surface area contributed by atoms with Crippen molar-refractivity contribution < 1.29 is 14.2 Å². The Bertz CT molecular complexity index is 341. The highest BCUT2D eigenvalue weighted by atomic mass is 16.5. The van der Waals surface area contributed by atoms with Crippen LogP contribution in [0, 0.1) is 0 Å². The molecule has 0 aliphatic carbocycles. The van der Waals surface area contributed by atoms with Crippen molar-refractivity contribution in [2.75, 3.05) is 14.2 Å². The maximum Gasteiger partial charge on any atom is 0.203 e. The molecule has 0 radical (unpaired) electrons. The topological polar surface area (TPSA) is 53.7 Å². The number of nitrogens with two attached hydrogens (primary N) is 1. The van der Waals surface area contributed by atoms with Gasteiger partial charge in [-0.05, 0) is 31.0 Å². The van der Waals surface area contributed by atoms with Gasteiger partial charge in [-0.15, -0.1) is 0 Å². The van der Waals surface area contributed by atoms with Gasteiger partial charge in [-0.2, -0.15) is 0 Å². The molecule has 0 bridgehead atoms. The van der Waals surface area contributed by atoms with E-state index in [1.807, 2.05) is 19.1 Å². The predicted molar refractivity (Wildman–Crippen MR) is 67.8 cm³/mol. The summed E-state index contributed by atoms with van der Waals surface area (Å²) in [7, 11) is 3.22. The standard InChI is InChI=1S/C13H21NO3/c1-5-9(2)17-13-11(15-3)6-10(8-14)7-12(13)16-4/h6-7,9H,5,8,14H2,1-4H3. The molecule has 0 amide bonds. The van der Waals surface area contributed by atoms with E-state index in [1.54, 1.807) is 14.2 Å². The minimum atomic E-state index is 0.113. The van der Waals surface area contributed by atoms with Gasteiger partial charge in [0.15, 0.2) is 11.5 Å². The van der Waals surface area contributed by atoms with Crippen LogP contribution < -0.4 is 19.9 Å². The SMILES string of the molecule is CCC(C)Oc1c(OC)cc(CN)cc1OC. The summed E-state index contributed by atoms with van der Waals surface area (Å²) >= 11 is 0. The molecule has 2 N–H and O–H groups in total. The van der Waals surface area contributed by atoms with Crippen LogP contribution in [0.4, 0.5) is 0 Å². The van der Waals surface area contributed by atoms with Gasteiger partial charge in [-0.1, -0.05) is 6.92 Å². The Balaban J connectivity index is 3.15. The first-order valence-corrected chi connectivity index (χ1v) is 5.77. The fraction of sp³-hybridized carbons (Fsp3) is 0.538. The predicted octanol–water partition coefficient (Wildman–Crippen LogP) is 2.34. The molecule has 4 nitrogen and oxygen atoms in total. The third-order valence-corrected chi connectivity index (χ3v) is 2.65. The normalized spacial score (nSPS) is 12.1. The maximum absolute atomic E-state index is 5.82. The van der Waals surface area contributed by atoms with Gasteiger partial charge < -0.3 is 19.9 Å². The van der Waals surface area contributed by atoms with Gasteiger partial charge in [-0.3, -0.25) is 0 Å². The summed E-state index contributed by atoms with van der Waals surface area (Å²) in [5, 5.41) is 0. The number of hydrogen-bond donors (Lipinski definition) is 1. The molecular weight excluding hydrogens is 218 g/mol. The summed E-state index contributed by atoms with van der Waals surface area (Å²) in [4.78, 5) is 0. The molecule has 1 atom stereocenters. The summed E-state index contributed by atoms with van der Waals surface area (Å²) in [6, 6.07) is 3.75. The molecule has 1 aromatic rings. The van der Waals surface area contributed by atoms with Crippen LogP contribution in [0.2, 0.25) is 0 Å². The molecule has 0 aliphatic heterocycles. The Hall–Kier alpha value is -1.42. The zero-order valence-corrected chi connectivity index (χ0v) is 10.9. The van der Waals surface area contributed by atoms with Crippen LogP contribution in [-0.2, 0) is 6.54 Å². The molecule has 0 heterocycles. The third-order valence-electron chi connectivity index (χ3n) is 2.65. The van der Waals surface area contributed by atoms with Crippen LogP contribution >= 0.6 is 0 Å². The van der Waals surface area contributed by atoms with E-state index in [9.17, 15) is 0 Å². The van der Waals surface area contributed by atoms with Crippen LogP contribution in [0.5, 0.6) is 17.2 Å². The number of benzene rings is 1. The molecule has 1 aromatic carbocycles. The molecule has 0 saturated carbocycles. The van der Waals surface area contributed by atoms with E-state index < -0.39 is 0 Å². The van der Waals surface area contributed by atoms with E-state index in [2.05, 4.69) is 6.92 Å². The van der Waals surface area contributed by atoms with E-state index in [4.69, 9.17) is 19.9 Å². The molecule has 17 heavy (non-hydrogen) atoms. The Morgan fingerprint density at radius 2 is 1.71 bits per heavy atom. The van der Waals surface area contributed by atoms with E-state index in [1.165, 1.54) is 0 Å². The average Bonchev–Trinajstić information content (AvgIpc) is 2.38. The molecule has 4 heteroatoms. The lowest BCUT2D eigenvalue weighted by Crippen LogP contribution is -2.12. The second-order valence-electron chi connectivity index (χ2n) is 3.87. The molecule has 96 valence electrons. The first-order valence-electron chi connectivity index (χ1n) is 5.77. The van der Waals surface area contributed by atoms with Crippen molar-refractivity contribution in [1.29, 1.82) is 0 Å². The monoisotopic (exact) mass is 239 g/mol. The van der Waals surface area contributed by atoms with Crippen LogP contribution in [-0.4, -0.2) is 20.3 Å². The van der Waals surface area contributed by atoms with Gasteiger partial charge >= 0.3 is 0 Å².